The average Bonchev–Trinajstić information content (AvgIpc) is 3.91. The van der Waals surface area contributed by atoms with Crippen LogP contribution in [-0.4, -0.2) is 4.57 Å². The monoisotopic (exact) mass is 970 g/mol. The first kappa shape index (κ1) is 46.1. The third-order valence-corrected chi connectivity index (χ3v) is 15.3. The van der Waals surface area contributed by atoms with Crippen molar-refractivity contribution in [3.05, 3.63) is 338 Å². The van der Waals surface area contributed by atoms with Crippen molar-refractivity contribution in [1.82, 2.24) is 4.57 Å². The molecule has 0 amide bonds. The molecule has 0 atom stereocenters. The number of para-hydroxylation sites is 2. The molecule has 1 aliphatic rings. The minimum atomic E-state index is -0.635. The number of hydrogen-bond donors (Lipinski definition) is 0. The fourth-order valence-corrected chi connectivity index (χ4v) is 11.6. The summed E-state index contributed by atoms with van der Waals surface area (Å²) in [6.45, 7) is 4.85. The SMILES string of the molecule is C=C1/C=C\C=C/Cc2ccc(-n3c4ccccc4c4ccc(-c5ccc(-c6cccc(N(c7ccccc7)c7ccc(-c8cccc(-c9ccccc9)c8)cc7)c6)cc5)cc43)cc2C1(c1ccccc1)c1ccccc1. The van der Waals surface area contributed by atoms with E-state index in [2.05, 4.69) is 313 Å². The van der Waals surface area contributed by atoms with E-state index >= 15 is 0 Å². The van der Waals surface area contributed by atoms with Gasteiger partial charge in [-0.2, -0.15) is 0 Å². The maximum Gasteiger partial charge on any atom is 0.0699 e. The zero-order valence-electron chi connectivity index (χ0n) is 42.2. The van der Waals surface area contributed by atoms with Crippen LogP contribution >= 0.6 is 0 Å². The molecule has 2 nitrogen and oxygen atoms in total. The molecule has 0 saturated carbocycles. The Balaban J connectivity index is 0.863. The van der Waals surface area contributed by atoms with Crippen LogP contribution in [0.25, 0.3) is 72.0 Å². The lowest BCUT2D eigenvalue weighted by atomic mass is 9.63. The summed E-state index contributed by atoms with van der Waals surface area (Å²) in [6, 6.07) is 102. The van der Waals surface area contributed by atoms with Gasteiger partial charge in [-0.15, -0.1) is 0 Å². The first-order valence-electron chi connectivity index (χ1n) is 26.2. The van der Waals surface area contributed by atoms with Crippen molar-refractivity contribution in [1.29, 1.82) is 0 Å². The molecular formula is C74H54N2. The van der Waals surface area contributed by atoms with Gasteiger partial charge in [-0.3, -0.25) is 0 Å². The van der Waals surface area contributed by atoms with E-state index in [0.717, 1.165) is 62.5 Å². The molecule has 0 radical (unpaired) electrons. The Morgan fingerprint density at radius 1 is 0.355 bits per heavy atom. The van der Waals surface area contributed by atoms with E-state index in [-0.39, 0.29) is 0 Å². The first-order valence-corrected chi connectivity index (χ1v) is 26.2. The van der Waals surface area contributed by atoms with Crippen LogP contribution in [0, 0.1) is 0 Å². The van der Waals surface area contributed by atoms with Crippen LogP contribution in [0.15, 0.2) is 316 Å². The Bertz CT molecular complexity index is 4070. The highest BCUT2D eigenvalue weighted by Crippen LogP contribution is 2.48. The lowest BCUT2D eigenvalue weighted by molar-refractivity contribution is 0.736. The minimum Gasteiger partial charge on any atom is -0.310 e. The third-order valence-electron chi connectivity index (χ3n) is 15.3. The highest BCUT2D eigenvalue weighted by atomic mass is 15.1. The van der Waals surface area contributed by atoms with Crippen molar-refractivity contribution in [3.63, 3.8) is 0 Å². The summed E-state index contributed by atoms with van der Waals surface area (Å²) in [5, 5.41) is 2.45. The van der Waals surface area contributed by atoms with Crippen molar-refractivity contribution < 1.29 is 0 Å². The van der Waals surface area contributed by atoms with Gasteiger partial charge in [-0.1, -0.05) is 243 Å². The Hall–Kier alpha value is -9.76. The van der Waals surface area contributed by atoms with Crippen LogP contribution in [0.1, 0.15) is 22.3 Å². The second-order valence-electron chi connectivity index (χ2n) is 19.7. The lowest BCUT2D eigenvalue weighted by Gasteiger charge is -2.38. The topological polar surface area (TPSA) is 8.17 Å². The van der Waals surface area contributed by atoms with E-state index in [1.165, 1.54) is 60.8 Å². The quantitative estimate of drug-likeness (QED) is 0.133. The van der Waals surface area contributed by atoms with Crippen LogP contribution < -0.4 is 4.90 Å². The molecule has 13 rings (SSSR count). The summed E-state index contributed by atoms with van der Waals surface area (Å²) in [4.78, 5) is 2.34. The first-order chi connectivity index (χ1) is 37.6. The summed E-state index contributed by atoms with van der Waals surface area (Å²) in [6.07, 6.45) is 9.55. The largest absolute Gasteiger partial charge is 0.310 e. The van der Waals surface area contributed by atoms with Gasteiger partial charge in [0.05, 0.1) is 16.4 Å². The van der Waals surface area contributed by atoms with Crippen LogP contribution in [-0.2, 0) is 11.8 Å². The Morgan fingerprint density at radius 2 is 0.842 bits per heavy atom. The van der Waals surface area contributed by atoms with Gasteiger partial charge in [-0.05, 0) is 145 Å². The predicted octanol–water partition coefficient (Wildman–Crippen LogP) is 19.5. The second kappa shape index (κ2) is 19.9. The average molecular weight is 971 g/mol. The van der Waals surface area contributed by atoms with Crippen LogP contribution in [0.4, 0.5) is 17.1 Å². The fourth-order valence-electron chi connectivity index (χ4n) is 11.6. The zero-order chi connectivity index (χ0) is 50.8. The molecule has 0 fully saturated rings. The Labute approximate surface area is 445 Å². The van der Waals surface area contributed by atoms with Crippen molar-refractivity contribution >= 4 is 38.9 Å². The maximum atomic E-state index is 4.85. The molecule has 0 spiro atoms. The summed E-state index contributed by atoms with van der Waals surface area (Å²) in [7, 11) is 0. The Morgan fingerprint density at radius 3 is 1.51 bits per heavy atom. The normalized spacial score (nSPS) is 13.8. The molecule has 2 heteroatoms. The third kappa shape index (κ3) is 8.37. The molecule has 0 saturated heterocycles. The van der Waals surface area contributed by atoms with Gasteiger partial charge in [0.1, 0.15) is 0 Å². The molecule has 1 heterocycles. The summed E-state index contributed by atoms with van der Waals surface area (Å²) < 4.78 is 2.46. The van der Waals surface area contributed by atoms with Gasteiger partial charge in [0.2, 0.25) is 0 Å². The maximum absolute atomic E-state index is 4.85. The highest BCUT2D eigenvalue weighted by Gasteiger charge is 2.40. The van der Waals surface area contributed by atoms with Crippen molar-refractivity contribution in [2.75, 3.05) is 4.90 Å². The molecule has 12 aromatic rings. The highest BCUT2D eigenvalue weighted by molar-refractivity contribution is 6.10. The van der Waals surface area contributed by atoms with Crippen molar-refractivity contribution in [2.45, 2.75) is 11.8 Å². The fraction of sp³-hybridized carbons (Fsp3) is 0.0270. The second-order valence-corrected chi connectivity index (χ2v) is 19.7. The van der Waals surface area contributed by atoms with Crippen LogP contribution in [0.3, 0.4) is 0 Å². The van der Waals surface area contributed by atoms with Gasteiger partial charge >= 0.3 is 0 Å². The van der Waals surface area contributed by atoms with E-state index in [1.54, 1.807) is 0 Å². The summed E-state index contributed by atoms with van der Waals surface area (Å²) in [5.74, 6) is 0. The molecule has 0 bridgehead atoms. The predicted molar refractivity (Wildman–Crippen MR) is 321 cm³/mol. The molecule has 1 aliphatic carbocycles. The summed E-state index contributed by atoms with van der Waals surface area (Å²) in [5.41, 5.74) is 21.5. The number of nitrogens with zero attached hydrogens (tertiary/aromatic N) is 2. The number of allylic oxidation sites excluding steroid dienone is 5. The van der Waals surface area contributed by atoms with Gasteiger partial charge in [0.15, 0.2) is 0 Å². The zero-order valence-corrected chi connectivity index (χ0v) is 42.2. The van der Waals surface area contributed by atoms with Crippen LogP contribution in [0.5, 0.6) is 0 Å². The van der Waals surface area contributed by atoms with E-state index in [0.29, 0.717) is 0 Å². The number of aromatic nitrogens is 1. The molecule has 0 aliphatic heterocycles. The lowest BCUT2D eigenvalue weighted by Crippen LogP contribution is -2.32. The standard InChI is InChI=1S/C74H54N2/c1-53-21-7-2-10-24-58-43-47-68(52-71(58)74(53,63-28-11-4-12-29-63)64-30-13-5-14-31-64)76-72-36-18-17-35-69(72)70-48-44-62(51-73(70)76)56-39-37-55(38-40-56)61-27-20-34-67(50-61)75(65-32-15-6-16-33-65)66-45-41-57(42-46-66)60-26-19-25-59(49-60)54-22-8-3-9-23-54/h2-23,25-52H,1,24H2/b10-2-,21-7-. The minimum absolute atomic E-state index is 0.635. The molecule has 11 aromatic carbocycles. The molecule has 0 unspecified atom stereocenters. The van der Waals surface area contributed by atoms with E-state index in [4.69, 9.17) is 6.58 Å². The molecule has 0 N–H and O–H groups in total. The number of hydrogen-bond acceptors (Lipinski definition) is 1. The summed E-state index contributed by atoms with van der Waals surface area (Å²) >= 11 is 0. The number of fused-ring (bicyclic) bond motifs is 4. The van der Waals surface area contributed by atoms with Crippen molar-refractivity contribution in [2.24, 2.45) is 0 Å². The van der Waals surface area contributed by atoms with E-state index in [1.807, 2.05) is 0 Å². The van der Waals surface area contributed by atoms with Crippen molar-refractivity contribution in [3.8, 4) is 50.2 Å². The number of benzene rings is 11. The molecule has 76 heavy (non-hydrogen) atoms. The Kier molecular flexibility index (Phi) is 12.1. The molecule has 360 valence electrons. The van der Waals surface area contributed by atoms with Gasteiger partial charge in [-0.25, -0.2) is 0 Å². The van der Waals surface area contributed by atoms with E-state index < -0.39 is 5.41 Å². The molecule has 1 aromatic heterocycles. The number of anilines is 3. The number of rotatable bonds is 10. The smallest absolute Gasteiger partial charge is 0.0699 e. The van der Waals surface area contributed by atoms with E-state index in [9.17, 15) is 0 Å². The van der Waals surface area contributed by atoms with Gasteiger partial charge < -0.3 is 9.47 Å². The van der Waals surface area contributed by atoms with Crippen LogP contribution in [0.2, 0.25) is 0 Å². The molecular weight excluding hydrogens is 917 g/mol. The van der Waals surface area contributed by atoms with Gasteiger partial charge in [0, 0.05) is 33.5 Å². The van der Waals surface area contributed by atoms with Gasteiger partial charge in [0.25, 0.3) is 0 Å².